The second kappa shape index (κ2) is 2.65. The first-order valence-corrected chi connectivity index (χ1v) is 4.16. The van der Waals surface area contributed by atoms with Gasteiger partial charge in [0.1, 0.15) is 0 Å². The van der Waals surface area contributed by atoms with Crippen LogP contribution in [0, 0.1) is 0 Å². The summed E-state index contributed by atoms with van der Waals surface area (Å²) < 4.78 is 0. The van der Waals surface area contributed by atoms with Crippen LogP contribution in [0.3, 0.4) is 0 Å². The minimum Gasteiger partial charge on any atom is -0.254 e. The third-order valence-electron chi connectivity index (χ3n) is 2.58. The van der Waals surface area contributed by atoms with Crippen molar-refractivity contribution in [1.29, 1.82) is 0 Å². The summed E-state index contributed by atoms with van der Waals surface area (Å²) >= 11 is 0. The highest BCUT2D eigenvalue weighted by Crippen LogP contribution is 2.39. The Labute approximate surface area is 76.6 Å². The SMILES string of the molecule is CC1=Nc2ccccc2C1(C)OO. The molecule has 0 saturated heterocycles. The predicted molar refractivity (Wildman–Crippen MR) is 50.3 cm³/mol. The highest BCUT2D eigenvalue weighted by atomic mass is 17.1. The third-order valence-corrected chi connectivity index (χ3v) is 2.58. The van der Waals surface area contributed by atoms with E-state index >= 15 is 0 Å². The lowest BCUT2D eigenvalue weighted by molar-refractivity contribution is -0.299. The lowest BCUT2D eigenvalue weighted by Crippen LogP contribution is -2.29. The molecule has 1 atom stereocenters. The maximum absolute atomic E-state index is 8.86. The Bertz CT molecular complexity index is 373. The van der Waals surface area contributed by atoms with Crippen LogP contribution in [0.4, 0.5) is 5.69 Å². The summed E-state index contributed by atoms with van der Waals surface area (Å²) in [7, 11) is 0. The molecule has 0 aromatic heterocycles. The van der Waals surface area contributed by atoms with E-state index in [0.717, 1.165) is 17.0 Å². The van der Waals surface area contributed by atoms with Crippen molar-refractivity contribution in [3.63, 3.8) is 0 Å². The zero-order valence-electron chi connectivity index (χ0n) is 7.61. The van der Waals surface area contributed by atoms with Crippen LogP contribution in [0.2, 0.25) is 0 Å². The van der Waals surface area contributed by atoms with Gasteiger partial charge in [0.15, 0.2) is 5.60 Å². The number of nitrogens with zero attached hydrogens (tertiary/aromatic N) is 1. The molecule has 3 heteroatoms. The van der Waals surface area contributed by atoms with Crippen molar-refractivity contribution in [2.45, 2.75) is 19.4 Å². The zero-order chi connectivity index (χ0) is 9.47. The van der Waals surface area contributed by atoms with Crippen molar-refractivity contribution in [3.05, 3.63) is 29.8 Å². The second-order valence-corrected chi connectivity index (χ2v) is 3.34. The summed E-state index contributed by atoms with van der Waals surface area (Å²) in [6.07, 6.45) is 0. The first-order valence-electron chi connectivity index (χ1n) is 4.16. The van der Waals surface area contributed by atoms with Crippen LogP contribution in [0.15, 0.2) is 29.3 Å². The van der Waals surface area contributed by atoms with Crippen molar-refractivity contribution < 1.29 is 10.1 Å². The molecule has 1 N–H and O–H groups in total. The largest absolute Gasteiger partial charge is 0.254 e. The van der Waals surface area contributed by atoms with Crippen molar-refractivity contribution in [2.24, 2.45) is 4.99 Å². The lowest BCUT2D eigenvalue weighted by atomic mass is 9.93. The number of hydrogen-bond acceptors (Lipinski definition) is 3. The fraction of sp³-hybridized carbons (Fsp3) is 0.300. The maximum atomic E-state index is 8.86. The Kier molecular flexibility index (Phi) is 1.71. The number of rotatable bonds is 1. The van der Waals surface area contributed by atoms with Gasteiger partial charge in [-0.3, -0.25) is 10.2 Å². The molecule has 0 aliphatic carbocycles. The smallest absolute Gasteiger partial charge is 0.165 e. The normalized spacial score (nSPS) is 25.6. The van der Waals surface area contributed by atoms with Crippen LogP contribution in [-0.4, -0.2) is 11.0 Å². The molecule has 1 unspecified atom stereocenters. The van der Waals surface area contributed by atoms with Gasteiger partial charge in [0.25, 0.3) is 0 Å². The van der Waals surface area contributed by atoms with Crippen LogP contribution in [0.5, 0.6) is 0 Å². The van der Waals surface area contributed by atoms with Gasteiger partial charge in [-0.1, -0.05) is 18.2 Å². The molecular weight excluding hydrogens is 166 g/mol. The molecule has 0 fully saturated rings. The Hall–Kier alpha value is -1.19. The maximum Gasteiger partial charge on any atom is 0.165 e. The van der Waals surface area contributed by atoms with Gasteiger partial charge in [-0.25, -0.2) is 4.89 Å². The van der Waals surface area contributed by atoms with E-state index in [1.807, 2.05) is 31.2 Å². The predicted octanol–water partition coefficient (Wildman–Crippen LogP) is 2.50. The van der Waals surface area contributed by atoms with E-state index in [0.29, 0.717) is 0 Å². The Morgan fingerprint density at radius 3 is 2.77 bits per heavy atom. The number of para-hydroxylation sites is 1. The third kappa shape index (κ3) is 1.01. The number of hydrogen-bond donors (Lipinski definition) is 1. The van der Waals surface area contributed by atoms with Crippen molar-refractivity contribution >= 4 is 11.4 Å². The summed E-state index contributed by atoms with van der Waals surface area (Å²) in [6, 6.07) is 7.64. The summed E-state index contributed by atoms with van der Waals surface area (Å²) in [5.74, 6) is 0. The van der Waals surface area contributed by atoms with Gasteiger partial charge in [-0.15, -0.1) is 0 Å². The fourth-order valence-corrected chi connectivity index (χ4v) is 1.57. The van der Waals surface area contributed by atoms with E-state index in [1.165, 1.54) is 0 Å². The number of benzene rings is 1. The van der Waals surface area contributed by atoms with Crippen LogP contribution in [0.1, 0.15) is 19.4 Å². The van der Waals surface area contributed by atoms with E-state index in [4.69, 9.17) is 5.26 Å². The number of fused-ring (bicyclic) bond motifs is 1. The summed E-state index contributed by atoms with van der Waals surface area (Å²) in [6.45, 7) is 3.65. The fourth-order valence-electron chi connectivity index (χ4n) is 1.57. The van der Waals surface area contributed by atoms with Crippen molar-refractivity contribution in [3.8, 4) is 0 Å². The Morgan fingerprint density at radius 2 is 2.08 bits per heavy atom. The molecule has 1 aromatic carbocycles. The van der Waals surface area contributed by atoms with Gasteiger partial charge in [0, 0.05) is 5.56 Å². The molecule has 0 spiro atoms. The molecule has 1 aliphatic heterocycles. The van der Waals surface area contributed by atoms with Gasteiger partial charge in [-0.2, -0.15) is 0 Å². The molecule has 1 aliphatic rings. The quantitative estimate of drug-likeness (QED) is 0.529. The summed E-state index contributed by atoms with van der Waals surface area (Å²) in [5.41, 5.74) is 1.79. The highest BCUT2D eigenvalue weighted by Gasteiger charge is 2.38. The summed E-state index contributed by atoms with van der Waals surface area (Å²) in [5, 5.41) is 8.86. The minimum absolute atomic E-state index is 0.767. The first-order chi connectivity index (χ1) is 6.18. The van der Waals surface area contributed by atoms with E-state index < -0.39 is 5.60 Å². The van der Waals surface area contributed by atoms with Crippen LogP contribution < -0.4 is 0 Å². The monoisotopic (exact) mass is 177 g/mol. The van der Waals surface area contributed by atoms with Gasteiger partial charge in [0.05, 0.1) is 11.4 Å². The molecule has 2 rings (SSSR count). The van der Waals surface area contributed by atoms with Crippen molar-refractivity contribution in [1.82, 2.24) is 0 Å². The van der Waals surface area contributed by atoms with Crippen LogP contribution in [-0.2, 0) is 10.5 Å². The topological polar surface area (TPSA) is 41.8 Å². The van der Waals surface area contributed by atoms with Gasteiger partial charge in [-0.05, 0) is 19.9 Å². The van der Waals surface area contributed by atoms with Crippen LogP contribution in [0.25, 0.3) is 0 Å². The zero-order valence-corrected chi connectivity index (χ0v) is 7.61. The molecule has 3 nitrogen and oxygen atoms in total. The highest BCUT2D eigenvalue weighted by molar-refractivity contribution is 5.98. The van der Waals surface area contributed by atoms with E-state index in [2.05, 4.69) is 9.88 Å². The molecule has 0 saturated carbocycles. The second-order valence-electron chi connectivity index (χ2n) is 3.34. The molecule has 1 aromatic rings. The molecule has 0 bridgehead atoms. The Balaban J connectivity index is 2.61. The Morgan fingerprint density at radius 1 is 1.38 bits per heavy atom. The lowest BCUT2D eigenvalue weighted by Gasteiger charge is -2.21. The van der Waals surface area contributed by atoms with Crippen molar-refractivity contribution in [2.75, 3.05) is 0 Å². The van der Waals surface area contributed by atoms with E-state index in [-0.39, 0.29) is 0 Å². The molecule has 0 radical (unpaired) electrons. The van der Waals surface area contributed by atoms with E-state index in [1.54, 1.807) is 6.92 Å². The molecule has 68 valence electrons. The molecule has 13 heavy (non-hydrogen) atoms. The standard InChI is InChI=1S/C10H11NO2/c1-7-10(2,13-12)8-5-3-4-6-9(8)11-7/h3-6,12H,1-2H3. The van der Waals surface area contributed by atoms with Gasteiger partial charge >= 0.3 is 0 Å². The molecule has 0 amide bonds. The molecule has 1 heterocycles. The van der Waals surface area contributed by atoms with Gasteiger partial charge in [0.2, 0.25) is 0 Å². The summed E-state index contributed by atoms with van der Waals surface area (Å²) in [4.78, 5) is 8.81. The minimum atomic E-state index is -0.767. The molecular formula is C10H11NO2. The average molecular weight is 177 g/mol. The van der Waals surface area contributed by atoms with Crippen LogP contribution >= 0.6 is 0 Å². The first kappa shape index (κ1) is 8.41. The van der Waals surface area contributed by atoms with Gasteiger partial charge < -0.3 is 0 Å². The number of aliphatic imine (C=N–C) groups is 1. The van der Waals surface area contributed by atoms with E-state index in [9.17, 15) is 0 Å². The average Bonchev–Trinajstić information content (AvgIpc) is 2.41.